The number of nitrogens with one attached hydrogen (secondary N) is 1. The molecule has 3 heterocycles. The third-order valence-electron chi connectivity index (χ3n) is 8.31. The first kappa shape index (κ1) is 31.9. The van der Waals surface area contributed by atoms with Gasteiger partial charge in [0.2, 0.25) is 0 Å². The standard InChI is InChI=1S/C38H33FN2O6S/c39-29-18-16-28(17-19-29)30-24-48-35-32(30)40-38(43)41(36(35)42)37-34(46-22-27-14-8-3-9-15-27)33(45-21-26-12-6-2-7-13-26)31(47-37)23-44-20-25-10-4-1-5-11-25/h1-19,24,31,33-34,37H,20-23H2,(H,40,43)/t31-,33-,34-,37-/m1/s1. The molecule has 0 spiro atoms. The molecule has 1 N–H and O–H groups in total. The molecule has 4 atom stereocenters. The van der Waals surface area contributed by atoms with Crippen LogP contribution in [0.1, 0.15) is 22.9 Å². The fourth-order valence-corrected chi connectivity index (χ4v) is 6.88. The molecule has 1 aliphatic heterocycles. The second-order valence-electron chi connectivity index (χ2n) is 11.6. The quantitative estimate of drug-likeness (QED) is 0.154. The molecule has 48 heavy (non-hydrogen) atoms. The Morgan fingerprint density at radius 3 is 1.90 bits per heavy atom. The summed E-state index contributed by atoms with van der Waals surface area (Å²) in [6, 6.07) is 35.1. The minimum absolute atomic E-state index is 0.138. The van der Waals surface area contributed by atoms with Gasteiger partial charge in [0, 0.05) is 10.9 Å². The maximum atomic E-state index is 14.1. The van der Waals surface area contributed by atoms with E-state index in [0.29, 0.717) is 28.0 Å². The number of thiophene rings is 1. The summed E-state index contributed by atoms with van der Waals surface area (Å²) in [4.78, 5) is 30.9. The Kier molecular flexibility index (Phi) is 9.69. The summed E-state index contributed by atoms with van der Waals surface area (Å²) in [6.45, 7) is 0.952. The monoisotopic (exact) mass is 664 g/mol. The Hall–Kier alpha value is -4.71. The molecular formula is C38H33FN2O6S. The molecular weight excluding hydrogens is 631 g/mol. The van der Waals surface area contributed by atoms with Crippen LogP contribution < -0.4 is 11.2 Å². The second kappa shape index (κ2) is 14.6. The number of benzene rings is 4. The van der Waals surface area contributed by atoms with Crippen LogP contribution in [0.3, 0.4) is 0 Å². The van der Waals surface area contributed by atoms with Gasteiger partial charge in [-0.1, -0.05) is 103 Å². The number of ether oxygens (including phenoxy) is 4. The van der Waals surface area contributed by atoms with Crippen LogP contribution in [0.4, 0.5) is 4.39 Å². The lowest BCUT2D eigenvalue weighted by Crippen LogP contribution is -2.44. The number of hydrogen-bond acceptors (Lipinski definition) is 7. The number of nitrogens with zero attached hydrogens (tertiary/aromatic N) is 1. The van der Waals surface area contributed by atoms with Crippen molar-refractivity contribution in [2.24, 2.45) is 0 Å². The first-order chi connectivity index (χ1) is 23.5. The third kappa shape index (κ3) is 6.94. The molecule has 0 amide bonds. The second-order valence-corrected chi connectivity index (χ2v) is 12.4. The fourth-order valence-electron chi connectivity index (χ4n) is 5.91. The van der Waals surface area contributed by atoms with Gasteiger partial charge in [0.25, 0.3) is 5.56 Å². The number of hydrogen-bond donors (Lipinski definition) is 1. The molecule has 7 rings (SSSR count). The summed E-state index contributed by atoms with van der Waals surface area (Å²) < 4.78 is 40.7. The van der Waals surface area contributed by atoms with Gasteiger partial charge in [0.05, 0.1) is 31.9 Å². The molecule has 10 heteroatoms. The molecule has 2 aromatic heterocycles. The van der Waals surface area contributed by atoms with Crippen molar-refractivity contribution in [1.82, 2.24) is 9.55 Å². The molecule has 0 aliphatic carbocycles. The van der Waals surface area contributed by atoms with E-state index in [-0.39, 0.29) is 25.6 Å². The topological polar surface area (TPSA) is 91.8 Å². The van der Waals surface area contributed by atoms with Crippen LogP contribution in [-0.2, 0) is 38.8 Å². The number of aromatic amines is 1. The number of halogens is 1. The van der Waals surface area contributed by atoms with Gasteiger partial charge in [-0.15, -0.1) is 11.3 Å². The Balaban J connectivity index is 1.25. The molecule has 6 aromatic rings. The van der Waals surface area contributed by atoms with Crippen molar-refractivity contribution in [2.45, 2.75) is 44.4 Å². The van der Waals surface area contributed by atoms with Gasteiger partial charge in [-0.05, 0) is 34.4 Å². The molecule has 8 nitrogen and oxygen atoms in total. The summed E-state index contributed by atoms with van der Waals surface area (Å²) in [5, 5.41) is 1.78. The molecule has 0 bridgehead atoms. The third-order valence-corrected chi connectivity index (χ3v) is 9.28. The zero-order valence-electron chi connectivity index (χ0n) is 25.9. The van der Waals surface area contributed by atoms with E-state index in [2.05, 4.69) is 4.98 Å². The lowest BCUT2D eigenvalue weighted by molar-refractivity contribution is -0.0924. The van der Waals surface area contributed by atoms with E-state index in [0.717, 1.165) is 21.3 Å². The molecule has 0 radical (unpaired) electrons. The highest BCUT2D eigenvalue weighted by molar-refractivity contribution is 7.17. The highest BCUT2D eigenvalue weighted by Gasteiger charge is 2.48. The summed E-state index contributed by atoms with van der Waals surface area (Å²) in [5.41, 5.74) is 3.41. The smallest absolute Gasteiger partial charge is 0.331 e. The highest BCUT2D eigenvalue weighted by Crippen LogP contribution is 2.36. The highest BCUT2D eigenvalue weighted by atomic mass is 32.1. The molecule has 1 fully saturated rings. The lowest BCUT2D eigenvalue weighted by atomic mass is 10.1. The largest absolute Gasteiger partial charge is 0.374 e. The summed E-state index contributed by atoms with van der Waals surface area (Å²) in [7, 11) is 0. The predicted molar refractivity (Wildman–Crippen MR) is 182 cm³/mol. The van der Waals surface area contributed by atoms with E-state index in [1.54, 1.807) is 17.5 Å². The summed E-state index contributed by atoms with van der Waals surface area (Å²) >= 11 is 1.20. The molecule has 1 aliphatic rings. The zero-order valence-corrected chi connectivity index (χ0v) is 26.7. The first-order valence-corrected chi connectivity index (χ1v) is 16.5. The fraction of sp³-hybridized carbons (Fsp3) is 0.211. The Bertz CT molecular complexity index is 2070. The van der Waals surface area contributed by atoms with E-state index in [1.165, 1.54) is 23.5 Å². The summed E-state index contributed by atoms with van der Waals surface area (Å²) in [6.07, 6.45) is -3.30. The average Bonchev–Trinajstić information content (AvgIpc) is 3.69. The maximum absolute atomic E-state index is 14.1. The molecule has 0 unspecified atom stereocenters. The molecule has 1 saturated heterocycles. The van der Waals surface area contributed by atoms with Crippen LogP contribution in [0.25, 0.3) is 21.3 Å². The lowest BCUT2D eigenvalue weighted by Gasteiger charge is -2.25. The normalized spacial score (nSPS) is 19.2. The van der Waals surface area contributed by atoms with Crippen LogP contribution in [0.15, 0.2) is 130 Å². The van der Waals surface area contributed by atoms with E-state index in [1.807, 2.05) is 91.0 Å². The van der Waals surface area contributed by atoms with Crippen molar-refractivity contribution in [3.63, 3.8) is 0 Å². The van der Waals surface area contributed by atoms with Gasteiger partial charge in [0.1, 0.15) is 28.8 Å². The van der Waals surface area contributed by atoms with E-state index in [9.17, 15) is 14.0 Å². The Morgan fingerprint density at radius 2 is 1.29 bits per heavy atom. The van der Waals surface area contributed by atoms with Crippen LogP contribution in [0, 0.1) is 5.82 Å². The minimum atomic E-state index is -1.11. The predicted octanol–water partition coefficient (Wildman–Crippen LogP) is 6.84. The number of rotatable bonds is 12. The van der Waals surface area contributed by atoms with E-state index >= 15 is 0 Å². The minimum Gasteiger partial charge on any atom is -0.374 e. The number of aromatic nitrogens is 2. The number of H-pyrrole nitrogens is 1. The number of fused-ring (bicyclic) bond motifs is 1. The van der Waals surface area contributed by atoms with Gasteiger partial charge in [-0.25, -0.2) is 13.8 Å². The Morgan fingerprint density at radius 1 is 0.729 bits per heavy atom. The van der Waals surface area contributed by atoms with E-state index < -0.39 is 35.8 Å². The van der Waals surface area contributed by atoms with Crippen molar-refractivity contribution in [3.8, 4) is 11.1 Å². The van der Waals surface area contributed by atoms with Crippen molar-refractivity contribution in [1.29, 1.82) is 0 Å². The van der Waals surface area contributed by atoms with E-state index in [4.69, 9.17) is 18.9 Å². The molecule has 244 valence electrons. The van der Waals surface area contributed by atoms with Gasteiger partial charge < -0.3 is 23.9 Å². The molecule has 4 aromatic carbocycles. The average molecular weight is 665 g/mol. The summed E-state index contributed by atoms with van der Waals surface area (Å²) in [5.74, 6) is -0.375. The van der Waals surface area contributed by atoms with Crippen molar-refractivity contribution >= 4 is 21.6 Å². The van der Waals surface area contributed by atoms with Crippen LogP contribution in [0.2, 0.25) is 0 Å². The maximum Gasteiger partial charge on any atom is 0.331 e. The molecule has 0 saturated carbocycles. The van der Waals surface area contributed by atoms with Crippen LogP contribution in [-0.4, -0.2) is 34.5 Å². The van der Waals surface area contributed by atoms with Gasteiger partial charge >= 0.3 is 5.69 Å². The van der Waals surface area contributed by atoms with Crippen LogP contribution in [0.5, 0.6) is 0 Å². The van der Waals surface area contributed by atoms with Crippen LogP contribution >= 0.6 is 11.3 Å². The van der Waals surface area contributed by atoms with Crippen molar-refractivity contribution < 1.29 is 23.3 Å². The van der Waals surface area contributed by atoms with Crippen molar-refractivity contribution in [2.75, 3.05) is 6.61 Å². The van der Waals surface area contributed by atoms with Crippen molar-refractivity contribution in [3.05, 3.63) is 164 Å². The zero-order chi connectivity index (χ0) is 32.9. The SMILES string of the molecule is O=c1[nH]c2c(-c3ccc(F)cc3)csc2c(=O)n1[C@@H]1O[C@H](COCc2ccccc2)[C@@H](OCc2ccccc2)[C@H]1OCc1ccccc1. The van der Waals surface area contributed by atoms with Gasteiger partial charge in [-0.2, -0.15) is 0 Å². The first-order valence-electron chi connectivity index (χ1n) is 15.7. The van der Waals surface area contributed by atoms with Gasteiger partial charge in [-0.3, -0.25) is 4.79 Å². The Labute approximate surface area is 279 Å². The van der Waals surface area contributed by atoms with Gasteiger partial charge in [0.15, 0.2) is 6.23 Å².